The molecular weight excluding hydrogens is 317 g/mol. The quantitative estimate of drug-likeness (QED) is 0.615. The van der Waals surface area contributed by atoms with Gasteiger partial charge in [0, 0.05) is 0 Å². The number of aliphatic hydroxyl groups excluding tert-OH is 2. The Balaban J connectivity index is 2.13. The SMILES string of the molecule is C=C1N=C(N)C(OC)=CN1[C@@H]1OC(CCP(=C)(C)C)[C@@H](O)[C@H]1O. The Morgan fingerprint density at radius 1 is 1.43 bits per heavy atom. The lowest BCUT2D eigenvalue weighted by Crippen LogP contribution is -2.42. The second kappa shape index (κ2) is 6.69. The van der Waals surface area contributed by atoms with Crippen LogP contribution in [0.15, 0.2) is 29.4 Å². The van der Waals surface area contributed by atoms with Crippen LogP contribution in [0.2, 0.25) is 0 Å². The summed E-state index contributed by atoms with van der Waals surface area (Å²) in [7, 11) is 1.48. The van der Waals surface area contributed by atoms with Crippen molar-refractivity contribution in [3.05, 3.63) is 24.4 Å². The van der Waals surface area contributed by atoms with E-state index in [1.54, 1.807) is 6.20 Å². The van der Waals surface area contributed by atoms with Gasteiger partial charge in [0.05, 0.1) is 19.4 Å². The second-order valence-corrected chi connectivity index (χ2v) is 10.8. The normalized spacial score (nSPS) is 31.9. The van der Waals surface area contributed by atoms with E-state index in [1.165, 1.54) is 12.0 Å². The summed E-state index contributed by atoms with van der Waals surface area (Å²) in [4.78, 5) is 5.62. The molecule has 23 heavy (non-hydrogen) atoms. The van der Waals surface area contributed by atoms with Gasteiger partial charge in [0.25, 0.3) is 0 Å². The fraction of sp³-hybridized carbons (Fsp3) is 0.600. The molecule has 7 nitrogen and oxygen atoms in total. The number of aliphatic hydroxyl groups is 2. The maximum absolute atomic E-state index is 10.3. The first kappa shape index (κ1) is 18.1. The highest BCUT2D eigenvalue weighted by molar-refractivity contribution is 7.72. The molecule has 0 aliphatic carbocycles. The molecule has 2 aliphatic heterocycles. The molecule has 1 saturated heterocycles. The molecule has 1 fully saturated rings. The summed E-state index contributed by atoms with van der Waals surface area (Å²) in [6.07, 6.45) is 3.97. The highest BCUT2D eigenvalue weighted by Gasteiger charge is 2.46. The van der Waals surface area contributed by atoms with Crippen molar-refractivity contribution in [2.24, 2.45) is 10.7 Å². The van der Waals surface area contributed by atoms with Crippen molar-refractivity contribution >= 4 is 19.0 Å². The number of aliphatic imine (C=N–C) groups is 1. The molecule has 8 heteroatoms. The Morgan fingerprint density at radius 2 is 2.09 bits per heavy atom. The van der Waals surface area contributed by atoms with Gasteiger partial charge in [0.15, 0.2) is 17.8 Å². The molecule has 0 aromatic rings. The molecule has 0 radical (unpaired) electrons. The summed E-state index contributed by atoms with van der Waals surface area (Å²) in [5.74, 6) is 0.892. The first-order valence-electron chi connectivity index (χ1n) is 7.40. The monoisotopic (exact) mass is 343 g/mol. The van der Waals surface area contributed by atoms with Gasteiger partial charge >= 0.3 is 0 Å². The number of nitrogens with zero attached hydrogens (tertiary/aromatic N) is 2. The number of methoxy groups -OCH3 is 1. The topological polar surface area (TPSA) is 101 Å². The fourth-order valence-electron chi connectivity index (χ4n) is 2.57. The largest absolute Gasteiger partial charge is 0.491 e. The molecule has 4 atom stereocenters. The summed E-state index contributed by atoms with van der Waals surface area (Å²) >= 11 is 0. The minimum absolute atomic E-state index is 0.210. The van der Waals surface area contributed by atoms with Gasteiger partial charge in [-0.15, -0.1) is 13.2 Å². The molecule has 2 aliphatic rings. The lowest BCUT2D eigenvalue weighted by molar-refractivity contribution is -0.0590. The van der Waals surface area contributed by atoms with Crippen LogP contribution in [0.5, 0.6) is 0 Å². The van der Waals surface area contributed by atoms with Gasteiger partial charge in [-0.1, -0.05) is 6.58 Å². The van der Waals surface area contributed by atoms with Gasteiger partial charge in [-0.25, -0.2) is 4.99 Å². The molecular formula is C15H26N3O4P. The van der Waals surface area contributed by atoms with Crippen molar-refractivity contribution in [2.75, 3.05) is 26.6 Å². The van der Waals surface area contributed by atoms with E-state index in [9.17, 15) is 10.2 Å². The summed E-state index contributed by atoms with van der Waals surface area (Å²) in [5, 5.41) is 20.6. The molecule has 130 valence electrons. The summed E-state index contributed by atoms with van der Waals surface area (Å²) in [5.41, 5.74) is 5.74. The van der Waals surface area contributed by atoms with E-state index in [0.717, 1.165) is 6.16 Å². The van der Waals surface area contributed by atoms with Crippen molar-refractivity contribution in [2.45, 2.75) is 31.0 Å². The molecule has 2 rings (SSSR count). The Labute approximate surface area is 137 Å². The second-order valence-electron chi connectivity index (χ2n) is 6.51. The lowest BCUT2D eigenvalue weighted by atomic mass is 10.1. The molecule has 2 heterocycles. The lowest BCUT2D eigenvalue weighted by Gasteiger charge is -2.31. The van der Waals surface area contributed by atoms with Crippen LogP contribution >= 0.6 is 6.89 Å². The smallest absolute Gasteiger partial charge is 0.177 e. The first-order chi connectivity index (χ1) is 10.6. The van der Waals surface area contributed by atoms with E-state index in [0.29, 0.717) is 18.0 Å². The van der Waals surface area contributed by atoms with Crippen molar-refractivity contribution in [1.29, 1.82) is 0 Å². The van der Waals surface area contributed by atoms with E-state index in [4.69, 9.17) is 15.2 Å². The highest BCUT2D eigenvalue weighted by Crippen LogP contribution is 2.38. The number of hydrogen-bond acceptors (Lipinski definition) is 7. The molecule has 4 N–H and O–H groups in total. The number of nitrogens with two attached hydrogens (primary N) is 1. The zero-order chi connectivity index (χ0) is 17.4. The fourth-order valence-corrected chi connectivity index (χ4v) is 3.52. The minimum atomic E-state index is -1.23. The maximum Gasteiger partial charge on any atom is 0.177 e. The van der Waals surface area contributed by atoms with Crippen LogP contribution in [0.1, 0.15) is 6.42 Å². The number of ether oxygens (including phenoxy) is 2. The van der Waals surface area contributed by atoms with Crippen LogP contribution in [-0.2, 0) is 9.47 Å². The van der Waals surface area contributed by atoms with E-state index in [-0.39, 0.29) is 5.84 Å². The molecule has 0 spiro atoms. The maximum atomic E-state index is 10.3. The van der Waals surface area contributed by atoms with Gasteiger partial charge in [0.1, 0.15) is 18.0 Å². The summed E-state index contributed by atoms with van der Waals surface area (Å²) < 4.78 is 11.0. The van der Waals surface area contributed by atoms with E-state index < -0.39 is 31.4 Å². The summed E-state index contributed by atoms with van der Waals surface area (Å²) in [6.45, 7) is 6.83. The van der Waals surface area contributed by atoms with Crippen LogP contribution in [0.4, 0.5) is 0 Å². The van der Waals surface area contributed by atoms with Crippen LogP contribution < -0.4 is 5.73 Å². The first-order valence-corrected chi connectivity index (χ1v) is 10.5. The Morgan fingerprint density at radius 3 is 2.65 bits per heavy atom. The molecule has 0 amide bonds. The molecule has 0 saturated carbocycles. The van der Waals surface area contributed by atoms with Gasteiger partial charge in [-0.3, -0.25) is 0 Å². The van der Waals surface area contributed by atoms with Gasteiger partial charge in [-0.05, 0) is 25.9 Å². The standard InChI is InChI=1S/C15H26N3O4P/c1-9-17-14(16)11(21-2)8-18(9)15-13(20)12(19)10(22-15)6-7-23(3,4)5/h8,10,12-13,15,19-20H,1,3,6-7H2,2,4-5H3,(H2,16,17)/t10?,12-,13-,15-/m1/s1. The average molecular weight is 343 g/mol. The third-order valence-electron chi connectivity index (χ3n) is 3.91. The highest BCUT2D eigenvalue weighted by atomic mass is 31.2. The Kier molecular flexibility index (Phi) is 5.26. The van der Waals surface area contributed by atoms with Crippen LogP contribution in [-0.4, -0.2) is 78.4 Å². The van der Waals surface area contributed by atoms with Crippen LogP contribution in [0, 0.1) is 0 Å². The van der Waals surface area contributed by atoms with Crippen molar-refractivity contribution in [1.82, 2.24) is 4.90 Å². The zero-order valence-electron chi connectivity index (χ0n) is 13.8. The molecule has 0 aromatic carbocycles. The number of rotatable bonds is 5. The van der Waals surface area contributed by atoms with Gasteiger partial charge < -0.3 is 30.3 Å². The van der Waals surface area contributed by atoms with E-state index in [1.807, 2.05) is 0 Å². The van der Waals surface area contributed by atoms with Gasteiger partial charge in [-0.2, -0.15) is 0 Å². The number of hydrogen-bond donors (Lipinski definition) is 3. The molecule has 1 unspecified atom stereocenters. The van der Waals surface area contributed by atoms with E-state index >= 15 is 0 Å². The Hall–Kier alpha value is -1.27. The predicted molar refractivity (Wildman–Crippen MR) is 93.7 cm³/mol. The van der Waals surface area contributed by atoms with Crippen molar-refractivity contribution < 1.29 is 19.7 Å². The van der Waals surface area contributed by atoms with Crippen molar-refractivity contribution in [3.8, 4) is 0 Å². The average Bonchev–Trinajstić information content (AvgIpc) is 2.73. The van der Waals surface area contributed by atoms with Crippen LogP contribution in [0.25, 0.3) is 0 Å². The molecule has 0 aromatic heterocycles. The van der Waals surface area contributed by atoms with Crippen molar-refractivity contribution in [3.63, 3.8) is 0 Å². The zero-order valence-corrected chi connectivity index (χ0v) is 14.7. The molecule has 0 bridgehead atoms. The van der Waals surface area contributed by atoms with E-state index in [2.05, 4.69) is 31.2 Å². The summed E-state index contributed by atoms with van der Waals surface area (Å²) in [6, 6.07) is 0. The van der Waals surface area contributed by atoms with Gasteiger partial charge in [0.2, 0.25) is 0 Å². The third kappa shape index (κ3) is 3.98. The third-order valence-corrected chi connectivity index (χ3v) is 5.38. The minimum Gasteiger partial charge on any atom is -0.491 e. The predicted octanol–water partition coefficient (Wildman–Crippen LogP) is 0.164. The van der Waals surface area contributed by atoms with Crippen LogP contribution in [0.3, 0.4) is 0 Å². The Bertz CT molecular complexity index is 583. The number of amidine groups is 1.